The number of nitrogens with one attached hydrogen (secondary N) is 2. The Hall–Kier alpha value is -3.21. The van der Waals surface area contributed by atoms with Gasteiger partial charge in [0.15, 0.2) is 0 Å². The number of carbonyl (C=O) groups is 1. The van der Waals surface area contributed by atoms with Gasteiger partial charge in [-0.3, -0.25) is 9.78 Å². The molecule has 0 fully saturated rings. The second-order valence-corrected chi connectivity index (χ2v) is 6.16. The molecule has 0 radical (unpaired) electrons. The van der Waals surface area contributed by atoms with Crippen LogP contribution in [0.25, 0.3) is 21.8 Å². The SMILES string of the molecule is Cc1ccnc(NC(=O)CCc2cc3c(cn2)[nH]c2ccccc23)c1. The van der Waals surface area contributed by atoms with E-state index in [0.717, 1.165) is 27.7 Å². The Balaban J connectivity index is 1.49. The third-order valence-corrected chi connectivity index (χ3v) is 4.24. The van der Waals surface area contributed by atoms with E-state index >= 15 is 0 Å². The molecule has 0 saturated carbocycles. The minimum Gasteiger partial charge on any atom is -0.353 e. The molecular formula is C20H18N4O. The van der Waals surface area contributed by atoms with Crippen molar-refractivity contribution in [2.45, 2.75) is 19.8 Å². The van der Waals surface area contributed by atoms with Crippen LogP contribution in [0.2, 0.25) is 0 Å². The molecule has 3 aromatic heterocycles. The third kappa shape index (κ3) is 3.21. The fraction of sp³-hybridized carbons (Fsp3) is 0.150. The number of aromatic nitrogens is 3. The summed E-state index contributed by atoms with van der Waals surface area (Å²) in [7, 11) is 0. The molecule has 3 heterocycles. The Morgan fingerprint density at radius 1 is 1.08 bits per heavy atom. The third-order valence-electron chi connectivity index (χ3n) is 4.24. The Bertz CT molecular complexity index is 1070. The number of aromatic amines is 1. The van der Waals surface area contributed by atoms with Crippen LogP contribution in [0.15, 0.2) is 54.9 Å². The van der Waals surface area contributed by atoms with Gasteiger partial charge >= 0.3 is 0 Å². The number of anilines is 1. The van der Waals surface area contributed by atoms with Gasteiger partial charge < -0.3 is 10.3 Å². The van der Waals surface area contributed by atoms with Crippen molar-refractivity contribution in [1.29, 1.82) is 0 Å². The lowest BCUT2D eigenvalue weighted by Gasteiger charge is -2.05. The van der Waals surface area contributed by atoms with E-state index in [1.54, 1.807) is 6.20 Å². The zero-order chi connectivity index (χ0) is 17.2. The van der Waals surface area contributed by atoms with Crippen molar-refractivity contribution in [2.75, 3.05) is 5.32 Å². The van der Waals surface area contributed by atoms with Crippen LogP contribution in [0.1, 0.15) is 17.7 Å². The molecule has 0 bridgehead atoms. The summed E-state index contributed by atoms with van der Waals surface area (Å²) in [5.74, 6) is 0.531. The maximum Gasteiger partial charge on any atom is 0.225 e. The first-order chi connectivity index (χ1) is 12.2. The average Bonchev–Trinajstić information content (AvgIpc) is 2.98. The lowest BCUT2D eigenvalue weighted by atomic mass is 10.1. The number of amides is 1. The van der Waals surface area contributed by atoms with Crippen LogP contribution in [0, 0.1) is 6.92 Å². The van der Waals surface area contributed by atoms with E-state index in [2.05, 4.69) is 38.5 Å². The van der Waals surface area contributed by atoms with Gasteiger partial charge in [0.1, 0.15) is 5.82 Å². The number of nitrogens with zero attached hydrogens (tertiary/aromatic N) is 2. The van der Waals surface area contributed by atoms with Gasteiger partial charge in [0.2, 0.25) is 5.91 Å². The summed E-state index contributed by atoms with van der Waals surface area (Å²) in [6.07, 6.45) is 4.49. The van der Waals surface area contributed by atoms with Crippen molar-refractivity contribution in [3.63, 3.8) is 0 Å². The van der Waals surface area contributed by atoms with Gasteiger partial charge in [0.05, 0.1) is 11.7 Å². The molecule has 1 amide bonds. The number of para-hydroxylation sites is 1. The number of hydrogen-bond acceptors (Lipinski definition) is 3. The molecule has 5 nitrogen and oxygen atoms in total. The highest BCUT2D eigenvalue weighted by atomic mass is 16.1. The molecule has 0 aliphatic carbocycles. The monoisotopic (exact) mass is 330 g/mol. The highest BCUT2D eigenvalue weighted by Crippen LogP contribution is 2.25. The number of aryl methyl sites for hydroxylation is 2. The quantitative estimate of drug-likeness (QED) is 0.594. The van der Waals surface area contributed by atoms with Gasteiger partial charge in [-0.1, -0.05) is 18.2 Å². The molecule has 25 heavy (non-hydrogen) atoms. The molecule has 4 rings (SSSR count). The van der Waals surface area contributed by atoms with Gasteiger partial charge in [-0.05, 0) is 43.2 Å². The fourth-order valence-electron chi connectivity index (χ4n) is 2.98. The number of benzene rings is 1. The molecule has 0 saturated heterocycles. The summed E-state index contributed by atoms with van der Waals surface area (Å²) < 4.78 is 0. The summed E-state index contributed by atoms with van der Waals surface area (Å²) in [4.78, 5) is 24.1. The number of fused-ring (bicyclic) bond motifs is 3. The van der Waals surface area contributed by atoms with Crippen LogP contribution in [-0.2, 0) is 11.2 Å². The number of pyridine rings is 2. The Labute approximate surface area is 145 Å². The molecule has 0 aliphatic rings. The largest absolute Gasteiger partial charge is 0.353 e. The van der Waals surface area contributed by atoms with E-state index in [0.29, 0.717) is 18.7 Å². The second kappa shape index (κ2) is 6.36. The molecule has 1 aromatic carbocycles. The Morgan fingerprint density at radius 3 is 2.84 bits per heavy atom. The zero-order valence-electron chi connectivity index (χ0n) is 13.9. The molecule has 2 N–H and O–H groups in total. The lowest BCUT2D eigenvalue weighted by Crippen LogP contribution is -2.13. The van der Waals surface area contributed by atoms with Crippen molar-refractivity contribution >= 4 is 33.5 Å². The van der Waals surface area contributed by atoms with Crippen LogP contribution in [0.4, 0.5) is 5.82 Å². The normalized spacial score (nSPS) is 11.1. The number of rotatable bonds is 4. The first-order valence-electron chi connectivity index (χ1n) is 8.27. The lowest BCUT2D eigenvalue weighted by molar-refractivity contribution is -0.116. The molecular weight excluding hydrogens is 312 g/mol. The minimum atomic E-state index is -0.0566. The van der Waals surface area contributed by atoms with Crippen LogP contribution in [0.3, 0.4) is 0 Å². The predicted octanol–water partition coefficient (Wildman–Crippen LogP) is 3.99. The number of carbonyl (C=O) groups excluding carboxylic acids is 1. The first-order valence-corrected chi connectivity index (χ1v) is 8.27. The first kappa shape index (κ1) is 15.3. The van der Waals surface area contributed by atoms with Crippen LogP contribution >= 0.6 is 0 Å². The average molecular weight is 330 g/mol. The fourth-order valence-corrected chi connectivity index (χ4v) is 2.98. The van der Waals surface area contributed by atoms with Crippen LogP contribution < -0.4 is 5.32 Å². The second-order valence-electron chi connectivity index (χ2n) is 6.16. The Kier molecular flexibility index (Phi) is 3.90. The van der Waals surface area contributed by atoms with Crippen LogP contribution in [-0.4, -0.2) is 20.9 Å². The van der Waals surface area contributed by atoms with Gasteiger partial charge in [-0.2, -0.15) is 0 Å². The Morgan fingerprint density at radius 2 is 1.96 bits per heavy atom. The van der Waals surface area contributed by atoms with Gasteiger partial charge in [-0.25, -0.2) is 4.98 Å². The molecule has 0 atom stereocenters. The van der Waals surface area contributed by atoms with E-state index in [4.69, 9.17) is 0 Å². The number of H-pyrrole nitrogens is 1. The van der Waals surface area contributed by atoms with Crippen molar-refractivity contribution < 1.29 is 4.79 Å². The standard InChI is InChI=1S/C20H18N4O/c1-13-8-9-21-19(10-13)24-20(25)7-6-14-11-16-15-4-2-3-5-17(15)23-18(16)12-22-14/h2-5,8-12,23H,6-7H2,1H3,(H,21,24,25). The van der Waals surface area contributed by atoms with E-state index in [1.807, 2.05) is 37.4 Å². The maximum absolute atomic E-state index is 12.1. The molecule has 5 heteroatoms. The van der Waals surface area contributed by atoms with E-state index in [1.165, 1.54) is 5.39 Å². The van der Waals surface area contributed by atoms with Gasteiger partial charge in [0.25, 0.3) is 0 Å². The van der Waals surface area contributed by atoms with E-state index in [-0.39, 0.29) is 5.91 Å². The molecule has 0 unspecified atom stereocenters. The van der Waals surface area contributed by atoms with Crippen molar-refractivity contribution in [1.82, 2.24) is 15.0 Å². The molecule has 124 valence electrons. The number of hydrogen-bond donors (Lipinski definition) is 2. The summed E-state index contributed by atoms with van der Waals surface area (Å²) in [6.45, 7) is 1.97. The summed E-state index contributed by atoms with van der Waals surface area (Å²) in [5, 5.41) is 5.15. The molecule has 0 aliphatic heterocycles. The minimum absolute atomic E-state index is 0.0566. The van der Waals surface area contributed by atoms with E-state index in [9.17, 15) is 4.79 Å². The highest BCUT2D eigenvalue weighted by Gasteiger charge is 2.08. The summed E-state index contributed by atoms with van der Waals surface area (Å²) in [6, 6.07) is 14.0. The smallest absolute Gasteiger partial charge is 0.225 e. The highest BCUT2D eigenvalue weighted by molar-refractivity contribution is 6.06. The van der Waals surface area contributed by atoms with E-state index < -0.39 is 0 Å². The van der Waals surface area contributed by atoms with Crippen molar-refractivity contribution in [3.05, 3.63) is 66.1 Å². The molecule has 0 spiro atoms. The van der Waals surface area contributed by atoms with Crippen molar-refractivity contribution in [2.24, 2.45) is 0 Å². The summed E-state index contributed by atoms with van der Waals surface area (Å²) in [5.41, 5.74) is 4.08. The van der Waals surface area contributed by atoms with Gasteiger partial charge in [-0.15, -0.1) is 0 Å². The predicted molar refractivity (Wildman–Crippen MR) is 99.5 cm³/mol. The van der Waals surface area contributed by atoms with Gasteiger partial charge in [0, 0.05) is 34.6 Å². The topological polar surface area (TPSA) is 70.7 Å². The summed E-state index contributed by atoms with van der Waals surface area (Å²) >= 11 is 0. The zero-order valence-corrected chi connectivity index (χ0v) is 13.9. The van der Waals surface area contributed by atoms with Crippen molar-refractivity contribution in [3.8, 4) is 0 Å². The van der Waals surface area contributed by atoms with Crippen LogP contribution in [0.5, 0.6) is 0 Å². The maximum atomic E-state index is 12.1. The molecule has 4 aromatic rings.